The van der Waals surface area contributed by atoms with Crippen molar-refractivity contribution in [3.63, 3.8) is 0 Å². The fourth-order valence-electron chi connectivity index (χ4n) is 2.31. The molecule has 0 radical (unpaired) electrons. The number of nitrogens with zero attached hydrogens (tertiary/aromatic N) is 1. The summed E-state index contributed by atoms with van der Waals surface area (Å²) >= 11 is 0. The summed E-state index contributed by atoms with van der Waals surface area (Å²) < 4.78 is 0. The lowest BCUT2D eigenvalue weighted by atomic mass is 10.1. The van der Waals surface area contributed by atoms with Gasteiger partial charge in [-0.25, -0.2) is 0 Å². The van der Waals surface area contributed by atoms with Crippen LogP contribution in [0.3, 0.4) is 0 Å². The van der Waals surface area contributed by atoms with Crippen LogP contribution in [0.1, 0.15) is 22.8 Å². The van der Waals surface area contributed by atoms with Gasteiger partial charge in [-0.1, -0.05) is 42.5 Å². The summed E-state index contributed by atoms with van der Waals surface area (Å²) in [7, 11) is 0. The summed E-state index contributed by atoms with van der Waals surface area (Å²) in [6.07, 6.45) is 1.72. The first-order valence-corrected chi connectivity index (χ1v) is 7.06. The van der Waals surface area contributed by atoms with Gasteiger partial charge in [0.1, 0.15) is 0 Å². The summed E-state index contributed by atoms with van der Waals surface area (Å²) in [6, 6.07) is 17.0. The molecule has 1 N–H and O–H groups in total. The maximum atomic E-state index is 12.4. The predicted octanol–water partition coefficient (Wildman–Crippen LogP) is 4.52. The normalized spacial score (nSPS) is 10.4. The van der Waals surface area contributed by atoms with Crippen LogP contribution in [0.2, 0.25) is 0 Å². The highest BCUT2D eigenvalue weighted by atomic mass is 16.1. The molecule has 22 heavy (non-hydrogen) atoms. The van der Waals surface area contributed by atoms with Crippen molar-refractivity contribution in [2.45, 2.75) is 6.92 Å². The molecule has 0 aliphatic rings. The highest BCUT2D eigenvalue weighted by molar-refractivity contribution is 6.08. The summed E-state index contributed by atoms with van der Waals surface area (Å²) in [4.78, 5) is 16.7. The minimum absolute atomic E-state index is 0.147. The Bertz CT molecular complexity index is 845. The number of carbonyl (C=O) groups is 1. The molecule has 0 spiro atoms. The van der Waals surface area contributed by atoms with Gasteiger partial charge >= 0.3 is 0 Å². The molecule has 1 amide bonds. The van der Waals surface area contributed by atoms with E-state index in [1.165, 1.54) is 0 Å². The Labute approximate surface area is 129 Å². The summed E-state index contributed by atoms with van der Waals surface area (Å²) in [5.41, 5.74) is 4.12. The number of para-hydroxylation sites is 1. The Kier molecular flexibility index (Phi) is 3.71. The van der Waals surface area contributed by atoms with Gasteiger partial charge in [0.15, 0.2) is 0 Å². The van der Waals surface area contributed by atoms with E-state index in [4.69, 9.17) is 0 Å². The number of fused-ring (bicyclic) bond motifs is 1. The minimum atomic E-state index is -0.147. The zero-order valence-corrected chi connectivity index (χ0v) is 12.3. The van der Waals surface area contributed by atoms with Crippen LogP contribution in [0.4, 0.5) is 5.69 Å². The molecule has 0 saturated carbocycles. The number of anilines is 1. The molecule has 0 aliphatic heterocycles. The van der Waals surface area contributed by atoms with Crippen LogP contribution in [-0.4, -0.2) is 10.9 Å². The molecule has 3 heteroatoms. The van der Waals surface area contributed by atoms with E-state index in [1.54, 1.807) is 18.3 Å². The van der Waals surface area contributed by atoms with E-state index in [2.05, 4.69) is 16.9 Å². The molecule has 1 heterocycles. The molecular formula is C19H16N2O. The zero-order chi connectivity index (χ0) is 15.5. The maximum absolute atomic E-state index is 12.4. The number of nitrogens with one attached hydrogen (secondary N) is 1. The van der Waals surface area contributed by atoms with E-state index in [0.717, 1.165) is 22.0 Å². The van der Waals surface area contributed by atoms with Crippen LogP contribution in [-0.2, 0) is 0 Å². The highest BCUT2D eigenvalue weighted by Gasteiger charge is 2.09. The van der Waals surface area contributed by atoms with E-state index < -0.39 is 0 Å². The highest BCUT2D eigenvalue weighted by Crippen LogP contribution is 2.21. The summed E-state index contributed by atoms with van der Waals surface area (Å²) in [5, 5.41) is 3.92. The van der Waals surface area contributed by atoms with Gasteiger partial charge in [-0.2, -0.15) is 0 Å². The summed E-state index contributed by atoms with van der Waals surface area (Å²) in [6.45, 7) is 5.83. The van der Waals surface area contributed by atoms with Gasteiger partial charge in [0.2, 0.25) is 0 Å². The Morgan fingerprint density at radius 3 is 2.41 bits per heavy atom. The number of benzene rings is 2. The second kappa shape index (κ2) is 5.82. The van der Waals surface area contributed by atoms with Gasteiger partial charge in [0, 0.05) is 17.1 Å². The van der Waals surface area contributed by atoms with Crippen molar-refractivity contribution in [2.24, 2.45) is 0 Å². The van der Waals surface area contributed by atoms with Crippen LogP contribution in [0.25, 0.3) is 16.5 Å². The van der Waals surface area contributed by atoms with Crippen molar-refractivity contribution >= 4 is 28.1 Å². The number of amides is 1. The molecule has 0 saturated heterocycles. The molecule has 3 rings (SSSR count). The van der Waals surface area contributed by atoms with E-state index in [9.17, 15) is 4.79 Å². The van der Waals surface area contributed by atoms with Gasteiger partial charge in [0.25, 0.3) is 5.91 Å². The second-order valence-corrected chi connectivity index (χ2v) is 5.19. The van der Waals surface area contributed by atoms with Crippen molar-refractivity contribution in [3.8, 4) is 0 Å². The Balaban J connectivity index is 1.88. The fraction of sp³-hybridized carbons (Fsp3) is 0.0526. The molecule has 2 aromatic carbocycles. The monoisotopic (exact) mass is 288 g/mol. The number of allylic oxidation sites excluding steroid dienone is 1. The molecule has 0 unspecified atom stereocenters. The average Bonchev–Trinajstić information content (AvgIpc) is 2.55. The van der Waals surface area contributed by atoms with Crippen LogP contribution in [0, 0.1) is 0 Å². The number of pyridine rings is 1. The molecule has 3 nitrogen and oxygen atoms in total. The molecule has 0 aliphatic carbocycles. The third-order valence-corrected chi connectivity index (χ3v) is 3.52. The number of hydrogen-bond donors (Lipinski definition) is 1. The third-order valence-electron chi connectivity index (χ3n) is 3.52. The Hall–Kier alpha value is -2.94. The molecular weight excluding hydrogens is 272 g/mol. The maximum Gasteiger partial charge on any atom is 0.255 e. The molecule has 0 atom stereocenters. The van der Waals surface area contributed by atoms with Crippen molar-refractivity contribution in [1.82, 2.24) is 4.98 Å². The molecule has 3 aromatic rings. The van der Waals surface area contributed by atoms with Gasteiger partial charge in [0.05, 0.1) is 11.2 Å². The zero-order valence-electron chi connectivity index (χ0n) is 12.3. The van der Waals surface area contributed by atoms with Crippen molar-refractivity contribution < 1.29 is 4.79 Å². The minimum Gasteiger partial charge on any atom is -0.320 e. The van der Waals surface area contributed by atoms with E-state index >= 15 is 0 Å². The lowest BCUT2D eigenvalue weighted by Crippen LogP contribution is -2.12. The summed E-state index contributed by atoms with van der Waals surface area (Å²) in [5.74, 6) is -0.147. The van der Waals surface area contributed by atoms with Crippen molar-refractivity contribution in [3.05, 3.63) is 78.5 Å². The van der Waals surface area contributed by atoms with Gasteiger partial charge in [-0.3, -0.25) is 9.78 Å². The topological polar surface area (TPSA) is 42.0 Å². The van der Waals surface area contributed by atoms with Crippen molar-refractivity contribution in [1.29, 1.82) is 0 Å². The number of aromatic nitrogens is 1. The lowest BCUT2D eigenvalue weighted by molar-refractivity contribution is 0.102. The average molecular weight is 288 g/mol. The van der Waals surface area contributed by atoms with Crippen LogP contribution in [0.5, 0.6) is 0 Å². The smallest absolute Gasteiger partial charge is 0.255 e. The number of hydrogen-bond acceptors (Lipinski definition) is 2. The second-order valence-electron chi connectivity index (χ2n) is 5.19. The Morgan fingerprint density at radius 2 is 1.68 bits per heavy atom. The van der Waals surface area contributed by atoms with E-state index in [0.29, 0.717) is 11.3 Å². The van der Waals surface area contributed by atoms with Gasteiger partial charge in [-0.15, -0.1) is 0 Å². The Morgan fingerprint density at radius 1 is 1.00 bits per heavy atom. The van der Waals surface area contributed by atoms with Crippen LogP contribution < -0.4 is 5.32 Å². The molecule has 0 fully saturated rings. The van der Waals surface area contributed by atoms with Crippen molar-refractivity contribution in [2.75, 3.05) is 5.32 Å². The standard InChI is InChI=1S/C19H16N2O/c1-13(2)14-8-10-16(11-9-14)19(22)21-17-7-3-5-15-6-4-12-20-18(15)17/h3-12H,1H2,2H3,(H,21,22). The first-order chi connectivity index (χ1) is 10.6. The van der Waals surface area contributed by atoms with E-state index in [-0.39, 0.29) is 5.91 Å². The van der Waals surface area contributed by atoms with Gasteiger partial charge < -0.3 is 5.32 Å². The first-order valence-electron chi connectivity index (χ1n) is 7.06. The first kappa shape index (κ1) is 14.0. The SMILES string of the molecule is C=C(C)c1ccc(C(=O)Nc2cccc3cccnc23)cc1. The number of carbonyl (C=O) groups excluding carboxylic acids is 1. The largest absolute Gasteiger partial charge is 0.320 e. The lowest BCUT2D eigenvalue weighted by Gasteiger charge is -2.08. The third kappa shape index (κ3) is 2.74. The molecule has 1 aromatic heterocycles. The van der Waals surface area contributed by atoms with Gasteiger partial charge in [-0.05, 0) is 36.8 Å². The van der Waals surface area contributed by atoms with Crippen LogP contribution in [0.15, 0.2) is 67.4 Å². The molecule has 108 valence electrons. The quantitative estimate of drug-likeness (QED) is 0.770. The number of rotatable bonds is 3. The predicted molar refractivity (Wildman–Crippen MR) is 90.8 cm³/mol. The molecule has 0 bridgehead atoms. The van der Waals surface area contributed by atoms with Crippen LogP contribution >= 0.6 is 0 Å². The fourth-order valence-corrected chi connectivity index (χ4v) is 2.31. The van der Waals surface area contributed by atoms with E-state index in [1.807, 2.05) is 49.4 Å².